The minimum Gasteiger partial charge on any atom is -0.497 e. The molecule has 6 nitrogen and oxygen atoms in total. The zero-order valence-electron chi connectivity index (χ0n) is 26.1. The van der Waals surface area contributed by atoms with Gasteiger partial charge in [-0.1, -0.05) is 110 Å². The van der Waals surface area contributed by atoms with E-state index in [2.05, 4.69) is 63.4 Å². The van der Waals surface area contributed by atoms with Crippen LogP contribution in [-0.2, 0) is 31.7 Å². The molecule has 10 heteroatoms. The molecule has 3 atom stereocenters. The molecule has 0 aliphatic heterocycles. The first-order chi connectivity index (χ1) is 20.1. The number of carbonyl (C=O) groups is 1. The van der Waals surface area contributed by atoms with E-state index in [9.17, 15) is 4.79 Å². The summed E-state index contributed by atoms with van der Waals surface area (Å²) in [6.45, 7) is 11.7. The van der Waals surface area contributed by atoms with Gasteiger partial charge in [0.15, 0.2) is 8.32 Å². The van der Waals surface area contributed by atoms with Crippen molar-refractivity contribution in [3.05, 3.63) is 77.9 Å². The summed E-state index contributed by atoms with van der Waals surface area (Å²) in [5, 5.41) is 3.07. The highest BCUT2D eigenvalue weighted by Gasteiger charge is 2.46. The molecule has 1 aliphatic carbocycles. The molecule has 0 unspecified atom stereocenters. The number of rotatable bonds is 15. The molecule has 1 amide bonds. The van der Waals surface area contributed by atoms with Gasteiger partial charge in [-0.05, 0) is 73.5 Å². The molecule has 0 radical (unpaired) electrons. The van der Waals surface area contributed by atoms with E-state index in [4.69, 9.17) is 53.4 Å². The average Bonchev–Trinajstić information content (AvgIpc) is 3.34. The number of carbonyl (C=O) groups excluding carboxylic acids is 1. The Balaban J connectivity index is 1.74. The van der Waals surface area contributed by atoms with E-state index < -0.39 is 29.7 Å². The molecule has 43 heavy (non-hydrogen) atoms. The van der Waals surface area contributed by atoms with Crippen LogP contribution in [0.1, 0.15) is 57.6 Å². The summed E-state index contributed by atoms with van der Waals surface area (Å²) < 4.78 is 22.1. The van der Waals surface area contributed by atoms with Gasteiger partial charge in [0.05, 0.1) is 25.4 Å². The molecular formula is C33H46Cl3NO5Si. The highest BCUT2D eigenvalue weighted by atomic mass is 35.6. The summed E-state index contributed by atoms with van der Waals surface area (Å²) in [6, 6.07) is 18.1. The van der Waals surface area contributed by atoms with Crippen molar-refractivity contribution in [2.75, 3.05) is 13.9 Å². The van der Waals surface area contributed by atoms with Gasteiger partial charge in [-0.3, -0.25) is 4.79 Å². The van der Waals surface area contributed by atoms with E-state index in [0.717, 1.165) is 24.2 Å². The van der Waals surface area contributed by atoms with Gasteiger partial charge in [-0.15, -0.1) is 0 Å². The Hall–Kier alpha value is -1.58. The lowest BCUT2D eigenvalue weighted by molar-refractivity contribution is -0.131. The SMILES string of the molecule is COc1ccc(COCO[C@H]2CC=C[C@]2(CC[C@@H](CCc2ccccc2)O[Si](C)(C)C(C)(C)C)NC(=O)C(Cl)(Cl)Cl)cc1. The Bertz CT molecular complexity index is 1180. The monoisotopic (exact) mass is 669 g/mol. The molecule has 0 spiro atoms. The molecule has 238 valence electrons. The number of nitrogens with one attached hydrogen (secondary N) is 1. The second-order valence-corrected chi connectivity index (χ2v) is 19.7. The van der Waals surface area contributed by atoms with E-state index in [0.29, 0.717) is 25.9 Å². The van der Waals surface area contributed by atoms with E-state index in [1.54, 1.807) is 7.11 Å². The summed E-state index contributed by atoms with van der Waals surface area (Å²) in [6.07, 6.45) is 7.11. The maximum absolute atomic E-state index is 13.0. The van der Waals surface area contributed by atoms with Crippen molar-refractivity contribution in [3.63, 3.8) is 0 Å². The van der Waals surface area contributed by atoms with Crippen LogP contribution in [0.4, 0.5) is 0 Å². The average molecular weight is 671 g/mol. The minimum absolute atomic E-state index is 0.0244. The number of alkyl halides is 3. The predicted octanol–water partition coefficient (Wildman–Crippen LogP) is 8.54. The Morgan fingerprint density at radius 3 is 2.30 bits per heavy atom. The molecule has 0 aromatic heterocycles. The van der Waals surface area contributed by atoms with Crippen LogP contribution in [0.15, 0.2) is 66.7 Å². The zero-order chi connectivity index (χ0) is 31.7. The number of hydrogen-bond acceptors (Lipinski definition) is 5. The predicted molar refractivity (Wildman–Crippen MR) is 179 cm³/mol. The lowest BCUT2D eigenvalue weighted by Gasteiger charge is -2.41. The fraction of sp³-hybridized carbons (Fsp3) is 0.545. The Labute approximate surface area is 273 Å². The van der Waals surface area contributed by atoms with Crippen LogP contribution in [0.25, 0.3) is 0 Å². The molecular weight excluding hydrogens is 625 g/mol. The lowest BCUT2D eigenvalue weighted by atomic mass is 9.87. The van der Waals surface area contributed by atoms with E-state index in [-0.39, 0.29) is 17.9 Å². The van der Waals surface area contributed by atoms with Crippen molar-refractivity contribution in [3.8, 4) is 5.75 Å². The van der Waals surface area contributed by atoms with Crippen molar-refractivity contribution in [2.45, 2.75) is 99.2 Å². The molecule has 3 rings (SSSR count). The fourth-order valence-electron chi connectivity index (χ4n) is 4.89. The summed E-state index contributed by atoms with van der Waals surface area (Å²) >= 11 is 18.0. The zero-order valence-corrected chi connectivity index (χ0v) is 29.4. The van der Waals surface area contributed by atoms with Gasteiger partial charge in [-0.25, -0.2) is 0 Å². The van der Waals surface area contributed by atoms with Crippen LogP contribution >= 0.6 is 34.8 Å². The van der Waals surface area contributed by atoms with Crippen molar-refractivity contribution >= 4 is 49.0 Å². The smallest absolute Gasteiger partial charge is 0.272 e. The minimum atomic E-state index is -2.11. The van der Waals surface area contributed by atoms with Gasteiger partial charge in [-0.2, -0.15) is 0 Å². The van der Waals surface area contributed by atoms with Crippen LogP contribution in [0.3, 0.4) is 0 Å². The van der Waals surface area contributed by atoms with Crippen LogP contribution in [0.2, 0.25) is 18.1 Å². The third-order valence-electron chi connectivity index (χ3n) is 8.47. The number of aryl methyl sites for hydroxylation is 1. The van der Waals surface area contributed by atoms with E-state index in [1.807, 2.05) is 42.5 Å². The van der Waals surface area contributed by atoms with Crippen molar-refractivity contribution < 1.29 is 23.4 Å². The molecule has 2 aromatic carbocycles. The van der Waals surface area contributed by atoms with E-state index >= 15 is 0 Å². The van der Waals surface area contributed by atoms with Crippen LogP contribution in [-0.4, -0.2) is 49.7 Å². The molecule has 0 saturated carbocycles. The standard InChI is InChI=1S/C33H46Cl3NO5Si/c1-31(2,3)43(5,6)42-28(19-14-25-11-8-7-9-12-25)20-22-32(37-30(38)33(34,35)36)21-10-13-29(32)41-24-40-23-26-15-17-27(39-4)18-16-26/h7-12,15-18,21,28-29H,13-14,19-20,22-24H2,1-6H3,(H,37,38)/t28-,29+,32-/m1/s1. The van der Waals surface area contributed by atoms with Gasteiger partial charge in [0.25, 0.3) is 9.70 Å². The first-order valence-electron chi connectivity index (χ1n) is 14.8. The van der Waals surface area contributed by atoms with Crippen LogP contribution in [0.5, 0.6) is 5.75 Å². The number of hydrogen-bond donors (Lipinski definition) is 1. The summed E-state index contributed by atoms with van der Waals surface area (Å²) in [5.41, 5.74) is 1.38. The van der Waals surface area contributed by atoms with Crippen molar-refractivity contribution in [1.29, 1.82) is 0 Å². The number of halogens is 3. The highest BCUT2D eigenvalue weighted by molar-refractivity contribution is 6.76. The summed E-state index contributed by atoms with van der Waals surface area (Å²) in [5.74, 6) is 0.0917. The lowest BCUT2D eigenvalue weighted by Crippen LogP contribution is -2.57. The Morgan fingerprint density at radius 2 is 1.70 bits per heavy atom. The van der Waals surface area contributed by atoms with Gasteiger partial charge in [0.2, 0.25) is 0 Å². The third-order valence-corrected chi connectivity index (χ3v) is 13.5. The maximum atomic E-state index is 13.0. The van der Waals surface area contributed by atoms with Gasteiger partial charge in [0, 0.05) is 6.10 Å². The maximum Gasteiger partial charge on any atom is 0.272 e. The van der Waals surface area contributed by atoms with E-state index in [1.165, 1.54) is 5.56 Å². The quantitative estimate of drug-likeness (QED) is 0.0677. The third kappa shape index (κ3) is 10.8. The number of benzene rings is 2. The topological polar surface area (TPSA) is 66.0 Å². The summed E-state index contributed by atoms with van der Waals surface area (Å²) in [7, 11) is -0.446. The van der Waals surface area contributed by atoms with Crippen molar-refractivity contribution in [2.24, 2.45) is 0 Å². The largest absolute Gasteiger partial charge is 0.497 e. The molecule has 0 heterocycles. The summed E-state index contributed by atoms with van der Waals surface area (Å²) in [4.78, 5) is 13.0. The number of amides is 1. The number of ether oxygens (including phenoxy) is 3. The fourth-order valence-corrected chi connectivity index (χ4v) is 6.45. The first-order valence-corrected chi connectivity index (χ1v) is 18.8. The van der Waals surface area contributed by atoms with Gasteiger partial charge < -0.3 is 24.0 Å². The van der Waals surface area contributed by atoms with Crippen molar-refractivity contribution in [1.82, 2.24) is 5.32 Å². The second-order valence-electron chi connectivity index (χ2n) is 12.7. The molecule has 0 fully saturated rings. The molecule has 2 aromatic rings. The van der Waals surface area contributed by atoms with Crippen LogP contribution < -0.4 is 10.1 Å². The Morgan fingerprint density at radius 1 is 1.02 bits per heavy atom. The normalized spacial score (nSPS) is 19.8. The Kier molecular flexibility index (Phi) is 13.0. The number of methoxy groups -OCH3 is 1. The second kappa shape index (κ2) is 15.6. The van der Waals surface area contributed by atoms with Crippen LogP contribution in [0, 0.1) is 0 Å². The molecule has 0 saturated heterocycles. The molecule has 0 bridgehead atoms. The van der Waals surface area contributed by atoms with Gasteiger partial charge in [0.1, 0.15) is 12.5 Å². The first kappa shape index (κ1) is 35.9. The van der Waals surface area contributed by atoms with Gasteiger partial charge >= 0.3 is 0 Å². The molecule has 1 aliphatic rings. The molecule has 1 N–H and O–H groups in total. The highest BCUT2D eigenvalue weighted by Crippen LogP contribution is 2.40.